The van der Waals surface area contributed by atoms with Gasteiger partial charge in [0.05, 0.1) is 11.7 Å². The second kappa shape index (κ2) is 7.67. The van der Waals surface area contributed by atoms with Gasteiger partial charge in [0.15, 0.2) is 0 Å². The molecule has 2 amide bonds. The zero-order chi connectivity index (χ0) is 18.5. The van der Waals surface area contributed by atoms with E-state index in [-0.39, 0.29) is 5.69 Å². The third kappa shape index (κ3) is 3.81. The summed E-state index contributed by atoms with van der Waals surface area (Å²) in [5.41, 5.74) is 8.18. The molecule has 0 atom stereocenters. The van der Waals surface area contributed by atoms with E-state index in [0.29, 0.717) is 11.4 Å². The fourth-order valence-corrected chi connectivity index (χ4v) is 2.62. The van der Waals surface area contributed by atoms with E-state index in [2.05, 4.69) is 15.3 Å². The monoisotopic (exact) mass is 366 g/mol. The van der Waals surface area contributed by atoms with Gasteiger partial charge in [0.25, 0.3) is 5.91 Å². The molecule has 2 aromatic heterocycles. The van der Waals surface area contributed by atoms with Crippen molar-refractivity contribution in [3.63, 3.8) is 0 Å². The average Bonchev–Trinajstić information content (AvgIpc) is 3.02. The Labute approximate surface area is 154 Å². The maximum atomic E-state index is 11.1. The molecule has 4 aromatic rings. The Morgan fingerprint density at radius 3 is 2.50 bits per heavy atom. The molecule has 6 nitrogen and oxygen atoms in total. The van der Waals surface area contributed by atoms with Gasteiger partial charge >= 0.3 is 0 Å². The van der Waals surface area contributed by atoms with Crippen molar-refractivity contribution in [2.45, 2.75) is 0 Å². The van der Waals surface area contributed by atoms with E-state index in [4.69, 9.17) is 17.3 Å². The van der Waals surface area contributed by atoms with E-state index in [0.717, 1.165) is 27.5 Å². The summed E-state index contributed by atoms with van der Waals surface area (Å²) in [6.07, 6.45) is 2.26. The summed E-state index contributed by atoms with van der Waals surface area (Å²) in [6.45, 7) is 0. The molecule has 0 aliphatic rings. The number of para-hydroxylation sites is 1. The molecular weight excluding hydrogens is 352 g/mol. The second-order valence-electron chi connectivity index (χ2n) is 5.42. The fraction of sp³-hybridized carbons (Fsp3) is 0. The van der Waals surface area contributed by atoms with Gasteiger partial charge in [-0.05, 0) is 36.4 Å². The van der Waals surface area contributed by atoms with Crippen LogP contribution in [0.4, 0.5) is 5.69 Å². The first-order chi connectivity index (χ1) is 12.6. The number of H-pyrrole nitrogens is 1. The molecule has 0 aliphatic carbocycles. The lowest BCUT2D eigenvalue weighted by atomic mass is 10.1. The topological polar surface area (TPSA) is 101 Å². The number of carbonyl (C=O) groups is 2. The van der Waals surface area contributed by atoms with Crippen LogP contribution in [0.15, 0.2) is 60.8 Å². The maximum Gasteiger partial charge on any atom is 0.267 e. The van der Waals surface area contributed by atoms with Crippen LogP contribution < -0.4 is 11.1 Å². The summed E-state index contributed by atoms with van der Waals surface area (Å²) in [6, 6.07) is 16.5. The molecule has 130 valence electrons. The summed E-state index contributed by atoms with van der Waals surface area (Å²) in [5.74, 6) is -0.507. The van der Waals surface area contributed by atoms with Crippen LogP contribution in [0.25, 0.3) is 21.8 Å². The van der Waals surface area contributed by atoms with Crippen LogP contribution in [-0.2, 0) is 4.79 Å². The van der Waals surface area contributed by atoms with Gasteiger partial charge in [-0.1, -0.05) is 29.8 Å². The van der Waals surface area contributed by atoms with Crippen molar-refractivity contribution < 1.29 is 9.59 Å². The maximum absolute atomic E-state index is 11.1. The highest BCUT2D eigenvalue weighted by Gasteiger charge is 2.07. The minimum Gasteiger partial charge on any atom is -0.364 e. The molecular formula is C19H15ClN4O2. The number of aromatic nitrogens is 2. The molecule has 0 spiro atoms. The molecule has 0 unspecified atom stereocenters. The van der Waals surface area contributed by atoms with Crippen molar-refractivity contribution in [1.82, 2.24) is 9.97 Å². The molecule has 2 aromatic carbocycles. The Morgan fingerprint density at radius 2 is 1.81 bits per heavy atom. The average molecular weight is 367 g/mol. The number of nitrogens with two attached hydrogens (primary N) is 1. The molecule has 7 heteroatoms. The number of amides is 2. The summed E-state index contributed by atoms with van der Waals surface area (Å²) in [4.78, 5) is 28.2. The zero-order valence-corrected chi connectivity index (χ0v) is 14.3. The minimum absolute atomic E-state index is 0.289. The van der Waals surface area contributed by atoms with Gasteiger partial charge in [0.1, 0.15) is 5.69 Å². The molecule has 4 rings (SSSR count). The number of benzene rings is 2. The molecule has 4 N–H and O–H groups in total. The van der Waals surface area contributed by atoms with Gasteiger partial charge in [-0.15, -0.1) is 0 Å². The Morgan fingerprint density at radius 1 is 1.08 bits per heavy atom. The van der Waals surface area contributed by atoms with Crippen molar-refractivity contribution in [1.29, 1.82) is 0 Å². The molecule has 0 aliphatic heterocycles. The van der Waals surface area contributed by atoms with Crippen molar-refractivity contribution in [2.24, 2.45) is 5.73 Å². The van der Waals surface area contributed by atoms with Crippen LogP contribution >= 0.6 is 11.6 Å². The van der Waals surface area contributed by atoms with Crippen LogP contribution in [0.3, 0.4) is 0 Å². The number of carbonyl (C=O) groups excluding carboxylic acids is 2. The summed E-state index contributed by atoms with van der Waals surface area (Å²) in [7, 11) is 0. The number of nitrogens with zero attached hydrogens (tertiary/aromatic N) is 1. The largest absolute Gasteiger partial charge is 0.364 e. The number of pyridine rings is 1. The van der Waals surface area contributed by atoms with Crippen molar-refractivity contribution >= 4 is 51.4 Å². The molecule has 0 radical (unpaired) electrons. The lowest BCUT2D eigenvalue weighted by Crippen LogP contribution is -2.12. The highest BCUT2D eigenvalue weighted by atomic mass is 35.5. The van der Waals surface area contributed by atoms with Crippen LogP contribution in [0.2, 0.25) is 5.02 Å². The van der Waals surface area contributed by atoms with Crippen LogP contribution in [0.5, 0.6) is 0 Å². The van der Waals surface area contributed by atoms with Gasteiger partial charge in [0, 0.05) is 27.0 Å². The quantitative estimate of drug-likeness (QED) is 0.481. The number of primary amides is 1. The third-order valence-electron chi connectivity index (χ3n) is 3.71. The molecule has 26 heavy (non-hydrogen) atoms. The smallest absolute Gasteiger partial charge is 0.267 e. The van der Waals surface area contributed by atoms with E-state index in [9.17, 15) is 9.59 Å². The first kappa shape index (κ1) is 17.4. The Kier molecular flexibility index (Phi) is 5.15. The fourth-order valence-electron chi connectivity index (χ4n) is 2.50. The molecule has 0 fully saturated rings. The van der Waals surface area contributed by atoms with Crippen molar-refractivity contribution in [2.75, 3.05) is 5.32 Å². The predicted molar refractivity (Wildman–Crippen MR) is 103 cm³/mol. The second-order valence-corrected chi connectivity index (χ2v) is 5.86. The van der Waals surface area contributed by atoms with Crippen molar-refractivity contribution in [3.8, 4) is 0 Å². The molecule has 0 saturated heterocycles. The third-order valence-corrected chi connectivity index (χ3v) is 3.96. The molecule has 0 saturated carbocycles. The number of hydrogen-bond donors (Lipinski definition) is 3. The number of halogens is 1. The molecule has 2 heterocycles. The first-order valence-electron chi connectivity index (χ1n) is 7.70. The zero-order valence-electron chi connectivity index (χ0n) is 13.6. The number of rotatable bonds is 3. The summed E-state index contributed by atoms with van der Waals surface area (Å²) < 4.78 is 0. The normalized spacial score (nSPS) is 10.2. The SMILES string of the molecule is NC(=O)c1cc2c(cn1)[nH]c1ccccc12.O=CNc1ccc(Cl)cc1. The van der Waals surface area contributed by atoms with Gasteiger partial charge in [-0.25, -0.2) is 4.98 Å². The Balaban J connectivity index is 0.000000170. The Bertz CT molecular complexity index is 1070. The number of nitrogens with one attached hydrogen (secondary N) is 2. The lowest BCUT2D eigenvalue weighted by molar-refractivity contribution is -0.105. The van der Waals surface area contributed by atoms with E-state index in [1.54, 1.807) is 36.5 Å². The van der Waals surface area contributed by atoms with Gasteiger partial charge in [-0.2, -0.15) is 0 Å². The van der Waals surface area contributed by atoms with Crippen LogP contribution in [0, 0.1) is 0 Å². The van der Waals surface area contributed by atoms with E-state index < -0.39 is 5.91 Å². The number of hydrogen-bond acceptors (Lipinski definition) is 3. The predicted octanol–water partition coefficient (Wildman–Crippen LogP) is 3.72. The van der Waals surface area contributed by atoms with Gasteiger partial charge in [0.2, 0.25) is 6.41 Å². The van der Waals surface area contributed by atoms with E-state index >= 15 is 0 Å². The lowest BCUT2D eigenvalue weighted by Gasteiger charge is -1.95. The van der Waals surface area contributed by atoms with Crippen LogP contribution in [0.1, 0.15) is 10.5 Å². The Hall–Kier alpha value is -3.38. The van der Waals surface area contributed by atoms with Gasteiger partial charge in [-0.3, -0.25) is 9.59 Å². The number of fused-ring (bicyclic) bond motifs is 3. The number of anilines is 1. The minimum atomic E-state index is -0.507. The highest BCUT2D eigenvalue weighted by Crippen LogP contribution is 2.24. The highest BCUT2D eigenvalue weighted by molar-refractivity contribution is 6.30. The van der Waals surface area contributed by atoms with E-state index in [1.807, 2.05) is 24.3 Å². The number of aromatic amines is 1. The molecule has 0 bridgehead atoms. The van der Waals surface area contributed by atoms with Crippen molar-refractivity contribution in [3.05, 3.63) is 71.5 Å². The summed E-state index contributed by atoms with van der Waals surface area (Å²) >= 11 is 5.60. The standard InChI is InChI=1S/C12H9N3O.C7H6ClNO/c13-12(16)10-5-8-7-3-1-2-4-9(7)15-11(8)6-14-10;8-6-1-3-7(4-2-6)9-5-10/h1-6,15H,(H2,13,16);1-5H,(H,9,10). The summed E-state index contributed by atoms with van der Waals surface area (Å²) in [5, 5.41) is 5.20. The first-order valence-corrected chi connectivity index (χ1v) is 8.08. The van der Waals surface area contributed by atoms with Crippen LogP contribution in [-0.4, -0.2) is 22.3 Å². The van der Waals surface area contributed by atoms with E-state index in [1.165, 1.54) is 0 Å². The van der Waals surface area contributed by atoms with Gasteiger partial charge < -0.3 is 16.0 Å².